The molecular weight excluding hydrogens is 204 g/mol. The third-order valence-corrected chi connectivity index (χ3v) is 3.17. The Kier molecular flexibility index (Phi) is 5.81. The minimum atomic E-state index is -0.0300. The molecule has 0 aromatic rings. The predicted octanol–water partition coefficient (Wildman–Crippen LogP) is 2.78. The van der Waals surface area contributed by atoms with E-state index in [2.05, 4.69) is 20.8 Å². The van der Waals surface area contributed by atoms with Crippen LogP contribution in [0.5, 0.6) is 0 Å². The fourth-order valence-electron chi connectivity index (χ4n) is 1.79. The first-order valence-corrected chi connectivity index (χ1v) is 6.45. The van der Waals surface area contributed by atoms with Gasteiger partial charge in [-0.3, -0.25) is 4.79 Å². The molecule has 0 aliphatic carbocycles. The zero-order chi connectivity index (χ0) is 12.0. The molecule has 0 spiro atoms. The molecule has 16 heavy (non-hydrogen) atoms. The van der Waals surface area contributed by atoms with Crippen LogP contribution in [-0.4, -0.2) is 25.3 Å². The zero-order valence-corrected chi connectivity index (χ0v) is 10.7. The van der Waals surface area contributed by atoms with Crippen molar-refractivity contribution in [2.75, 3.05) is 13.2 Å². The van der Waals surface area contributed by atoms with E-state index >= 15 is 0 Å². The molecule has 3 unspecified atom stereocenters. The average Bonchev–Trinajstić information content (AvgIpc) is 3.08. The molecule has 3 heteroatoms. The summed E-state index contributed by atoms with van der Waals surface area (Å²) in [5.74, 6) is 0.651. The standard InChI is InChI=1S/C13H24O3/c1-4-6-11(7-10(3)5-2)13(14)16-9-12-8-15-12/h10-12H,4-9H2,1-3H3. The van der Waals surface area contributed by atoms with Crippen LogP contribution < -0.4 is 0 Å². The lowest BCUT2D eigenvalue weighted by Gasteiger charge is -2.18. The van der Waals surface area contributed by atoms with Gasteiger partial charge >= 0.3 is 5.97 Å². The minimum Gasteiger partial charge on any atom is -0.463 e. The van der Waals surface area contributed by atoms with E-state index in [-0.39, 0.29) is 18.0 Å². The number of epoxide rings is 1. The molecule has 0 saturated carbocycles. The second-order valence-electron chi connectivity index (χ2n) is 4.82. The summed E-state index contributed by atoms with van der Waals surface area (Å²) in [7, 11) is 0. The molecule has 0 N–H and O–H groups in total. The van der Waals surface area contributed by atoms with Crippen LogP contribution in [-0.2, 0) is 14.3 Å². The minimum absolute atomic E-state index is 0.0300. The maximum atomic E-state index is 11.8. The van der Waals surface area contributed by atoms with E-state index in [1.165, 1.54) is 0 Å². The highest BCUT2D eigenvalue weighted by atomic mass is 16.6. The summed E-state index contributed by atoms with van der Waals surface area (Å²) in [4.78, 5) is 11.8. The number of rotatable bonds is 8. The summed E-state index contributed by atoms with van der Waals surface area (Å²) < 4.78 is 10.3. The molecule has 0 amide bonds. The number of hydrogen-bond acceptors (Lipinski definition) is 3. The molecule has 1 rings (SSSR count). The molecule has 0 aromatic heterocycles. The monoisotopic (exact) mass is 228 g/mol. The molecule has 1 aliphatic rings. The SMILES string of the molecule is CCCC(CC(C)CC)C(=O)OCC1CO1. The molecule has 1 fully saturated rings. The third kappa shape index (κ3) is 4.97. The smallest absolute Gasteiger partial charge is 0.309 e. The van der Waals surface area contributed by atoms with Gasteiger partial charge in [-0.2, -0.15) is 0 Å². The largest absolute Gasteiger partial charge is 0.463 e. The normalized spacial score (nSPS) is 22.6. The fourth-order valence-corrected chi connectivity index (χ4v) is 1.79. The maximum Gasteiger partial charge on any atom is 0.309 e. The number of esters is 1. The second-order valence-corrected chi connectivity index (χ2v) is 4.82. The Bertz CT molecular complexity index is 211. The summed E-state index contributed by atoms with van der Waals surface area (Å²) in [6.07, 6.45) is 4.23. The van der Waals surface area contributed by atoms with E-state index in [1.807, 2.05) is 0 Å². The number of carbonyl (C=O) groups is 1. The van der Waals surface area contributed by atoms with Crippen molar-refractivity contribution < 1.29 is 14.3 Å². The predicted molar refractivity (Wildman–Crippen MR) is 63.2 cm³/mol. The van der Waals surface area contributed by atoms with E-state index in [4.69, 9.17) is 9.47 Å². The topological polar surface area (TPSA) is 38.8 Å². The lowest BCUT2D eigenvalue weighted by molar-refractivity contribution is -0.150. The van der Waals surface area contributed by atoms with Gasteiger partial charge in [0.15, 0.2) is 0 Å². The first-order valence-electron chi connectivity index (χ1n) is 6.45. The van der Waals surface area contributed by atoms with Crippen molar-refractivity contribution >= 4 is 5.97 Å². The van der Waals surface area contributed by atoms with Gasteiger partial charge in [-0.05, 0) is 18.8 Å². The van der Waals surface area contributed by atoms with Crippen LogP contribution in [0, 0.1) is 11.8 Å². The molecule has 94 valence electrons. The second kappa shape index (κ2) is 6.89. The number of carbonyl (C=O) groups excluding carboxylic acids is 1. The molecule has 0 aromatic carbocycles. The summed E-state index contributed by atoms with van der Waals surface area (Å²) in [6.45, 7) is 7.66. The lowest BCUT2D eigenvalue weighted by Crippen LogP contribution is -2.21. The Morgan fingerprint density at radius 3 is 2.69 bits per heavy atom. The lowest BCUT2D eigenvalue weighted by atomic mass is 9.91. The van der Waals surface area contributed by atoms with Crippen molar-refractivity contribution in [3.05, 3.63) is 0 Å². The maximum absolute atomic E-state index is 11.8. The number of hydrogen-bond donors (Lipinski definition) is 0. The van der Waals surface area contributed by atoms with Crippen LogP contribution >= 0.6 is 0 Å². The Labute approximate surface area is 98.5 Å². The summed E-state index contributed by atoms with van der Waals surface area (Å²) >= 11 is 0. The molecular formula is C13H24O3. The molecule has 1 aliphatic heterocycles. The summed E-state index contributed by atoms with van der Waals surface area (Å²) in [5.41, 5.74) is 0. The van der Waals surface area contributed by atoms with Gasteiger partial charge in [0, 0.05) is 0 Å². The Morgan fingerprint density at radius 1 is 1.50 bits per heavy atom. The first-order chi connectivity index (χ1) is 7.67. The van der Waals surface area contributed by atoms with Crippen LogP contribution in [0.2, 0.25) is 0 Å². The van der Waals surface area contributed by atoms with E-state index in [9.17, 15) is 4.79 Å². The van der Waals surface area contributed by atoms with Crippen LogP contribution in [0.3, 0.4) is 0 Å². The van der Waals surface area contributed by atoms with Crippen LogP contribution in [0.4, 0.5) is 0 Å². The van der Waals surface area contributed by atoms with Gasteiger partial charge in [-0.15, -0.1) is 0 Å². The summed E-state index contributed by atoms with van der Waals surface area (Å²) in [6, 6.07) is 0. The highest BCUT2D eigenvalue weighted by molar-refractivity contribution is 5.72. The zero-order valence-electron chi connectivity index (χ0n) is 10.7. The van der Waals surface area contributed by atoms with E-state index in [0.29, 0.717) is 12.5 Å². The van der Waals surface area contributed by atoms with Gasteiger partial charge in [-0.1, -0.05) is 33.6 Å². The van der Waals surface area contributed by atoms with Crippen molar-refractivity contribution in [3.8, 4) is 0 Å². The van der Waals surface area contributed by atoms with E-state index in [1.54, 1.807) is 0 Å². The van der Waals surface area contributed by atoms with Gasteiger partial charge in [0.2, 0.25) is 0 Å². The van der Waals surface area contributed by atoms with Crippen molar-refractivity contribution in [3.63, 3.8) is 0 Å². The van der Waals surface area contributed by atoms with Gasteiger partial charge in [0.25, 0.3) is 0 Å². The van der Waals surface area contributed by atoms with Crippen molar-refractivity contribution in [2.45, 2.75) is 52.6 Å². The third-order valence-electron chi connectivity index (χ3n) is 3.17. The molecule has 3 atom stereocenters. The van der Waals surface area contributed by atoms with Crippen LogP contribution in [0.25, 0.3) is 0 Å². The van der Waals surface area contributed by atoms with Gasteiger partial charge in [0.1, 0.15) is 12.7 Å². The molecule has 0 radical (unpaired) electrons. The van der Waals surface area contributed by atoms with Gasteiger partial charge < -0.3 is 9.47 Å². The fraction of sp³-hybridized carbons (Fsp3) is 0.923. The van der Waals surface area contributed by atoms with Crippen molar-refractivity contribution in [1.82, 2.24) is 0 Å². The highest BCUT2D eigenvalue weighted by Gasteiger charge is 2.27. The van der Waals surface area contributed by atoms with Crippen molar-refractivity contribution in [1.29, 1.82) is 0 Å². The number of ether oxygens (including phenoxy) is 2. The Morgan fingerprint density at radius 2 is 2.19 bits per heavy atom. The molecule has 1 saturated heterocycles. The van der Waals surface area contributed by atoms with E-state index in [0.717, 1.165) is 32.3 Å². The van der Waals surface area contributed by atoms with Gasteiger partial charge in [-0.25, -0.2) is 0 Å². The van der Waals surface area contributed by atoms with Crippen LogP contribution in [0.1, 0.15) is 46.5 Å². The molecule has 1 heterocycles. The first kappa shape index (κ1) is 13.5. The molecule has 0 bridgehead atoms. The average molecular weight is 228 g/mol. The van der Waals surface area contributed by atoms with Crippen molar-refractivity contribution in [2.24, 2.45) is 11.8 Å². The van der Waals surface area contributed by atoms with E-state index < -0.39 is 0 Å². The molecule has 3 nitrogen and oxygen atoms in total. The van der Waals surface area contributed by atoms with Gasteiger partial charge in [0.05, 0.1) is 12.5 Å². The summed E-state index contributed by atoms with van der Waals surface area (Å²) in [5, 5.41) is 0. The van der Waals surface area contributed by atoms with Crippen LogP contribution in [0.15, 0.2) is 0 Å². The highest BCUT2D eigenvalue weighted by Crippen LogP contribution is 2.21. The Hall–Kier alpha value is -0.570. The quantitative estimate of drug-likeness (QED) is 0.473. The Balaban J connectivity index is 2.30.